The van der Waals surface area contributed by atoms with E-state index in [9.17, 15) is 10.1 Å². The Hall–Kier alpha value is -2.60. The quantitative estimate of drug-likeness (QED) is 0.219. The molecule has 0 unspecified atom stereocenters. The Morgan fingerprint density at radius 2 is 1.61 bits per heavy atom. The first kappa shape index (κ1) is 25.0. The van der Waals surface area contributed by atoms with Crippen molar-refractivity contribution in [3.63, 3.8) is 0 Å². The summed E-state index contributed by atoms with van der Waals surface area (Å²) in [5.41, 5.74) is 2.62. The molecule has 168 valence electrons. The van der Waals surface area contributed by atoms with E-state index in [0.717, 1.165) is 21.3 Å². The fourth-order valence-corrected chi connectivity index (χ4v) is 4.59. The lowest BCUT2D eigenvalue weighted by Gasteiger charge is -2.12. The minimum Gasteiger partial charge on any atom is -0.497 e. The Morgan fingerprint density at radius 1 is 1.00 bits per heavy atom. The SMILES string of the molecule is COc1ccc(CNC(=O)/C(C#N)=C\c2cc(Br)c(OCc3ccc(Br)cc3)c(Br)c2)cc1. The molecule has 0 aliphatic rings. The van der Waals surface area contributed by atoms with Crippen LogP contribution in [-0.2, 0) is 17.9 Å². The van der Waals surface area contributed by atoms with Gasteiger partial charge in [-0.05, 0) is 91.0 Å². The lowest BCUT2D eigenvalue weighted by atomic mass is 10.1. The number of nitrogens with zero attached hydrogens (tertiary/aromatic N) is 1. The third-order valence-electron chi connectivity index (χ3n) is 4.61. The number of carbonyl (C=O) groups is 1. The normalized spacial score (nSPS) is 10.9. The molecule has 0 saturated heterocycles. The first-order chi connectivity index (χ1) is 15.9. The number of carbonyl (C=O) groups excluding carboxylic acids is 1. The number of amides is 1. The van der Waals surface area contributed by atoms with Crippen molar-refractivity contribution in [2.24, 2.45) is 0 Å². The van der Waals surface area contributed by atoms with Crippen LogP contribution in [0.25, 0.3) is 6.08 Å². The van der Waals surface area contributed by atoms with Crippen molar-refractivity contribution in [1.29, 1.82) is 5.26 Å². The highest BCUT2D eigenvalue weighted by molar-refractivity contribution is 9.11. The number of rotatable bonds is 8. The van der Waals surface area contributed by atoms with Crippen molar-refractivity contribution < 1.29 is 14.3 Å². The van der Waals surface area contributed by atoms with Crippen molar-refractivity contribution in [2.45, 2.75) is 13.2 Å². The monoisotopic (exact) mass is 632 g/mol. The summed E-state index contributed by atoms with van der Waals surface area (Å²) in [5, 5.41) is 12.3. The van der Waals surface area contributed by atoms with E-state index in [-0.39, 0.29) is 5.57 Å². The Kier molecular flexibility index (Phi) is 9.12. The molecule has 3 rings (SSSR count). The van der Waals surface area contributed by atoms with E-state index in [1.807, 2.05) is 54.6 Å². The highest BCUT2D eigenvalue weighted by Gasteiger charge is 2.13. The topological polar surface area (TPSA) is 71.3 Å². The Bertz CT molecular complexity index is 1180. The summed E-state index contributed by atoms with van der Waals surface area (Å²) in [6.07, 6.45) is 1.54. The number of hydrogen-bond acceptors (Lipinski definition) is 4. The minimum atomic E-state index is -0.448. The van der Waals surface area contributed by atoms with Crippen molar-refractivity contribution in [3.8, 4) is 17.6 Å². The fourth-order valence-electron chi connectivity index (χ4n) is 2.87. The van der Waals surface area contributed by atoms with Gasteiger partial charge in [-0.2, -0.15) is 5.26 Å². The van der Waals surface area contributed by atoms with E-state index in [1.54, 1.807) is 19.2 Å². The van der Waals surface area contributed by atoms with Gasteiger partial charge in [-0.25, -0.2) is 0 Å². The smallest absolute Gasteiger partial charge is 0.262 e. The molecule has 0 aliphatic heterocycles. The van der Waals surface area contributed by atoms with Gasteiger partial charge in [0.2, 0.25) is 0 Å². The Morgan fingerprint density at radius 3 is 2.18 bits per heavy atom. The zero-order valence-corrected chi connectivity index (χ0v) is 22.3. The first-order valence-corrected chi connectivity index (χ1v) is 12.2. The molecule has 0 aromatic heterocycles. The van der Waals surface area contributed by atoms with E-state index in [1.165, 1.54) is 6.08 Å². The van der Waals surface area contributed by atoms with Crippen molar-refractivity contribution in [3.05, 3.63) is 96.3 Å². The number of hydrogen-bond donors (Lipinski definition) is 1. The summed E-state index contributed by atoms with van der Waals surface area (Å²) in [4.78, 5) is 12.5. The van der Waals surface area contributed by atoms with Gasteiger partial charge in [-0.3, -0.25) is 4.79 Å². The maximum atomic E-state index is 12.5. The molecule has 0 atom stereocenters. The van der Waals surface area contributed by atoms with Gasteiger partial charge < -0.3 is 14.8 Å². The van der Waals surface area contributed by atoms with Gasteiger partial charge in [-0.15, -0.1) is 0 Å². The molecular formula is C25H19Br3N2O3. The second-order valence-corrected chi connectivity index (χ2v) is 9.55. The predicted molar refractivity (Wildman–Crippen MR) is 139 cm³/mol. The second kappa shape index (κ2) is 12.0. The highest BCUT2D eigenvalue weighted by Crippen LogP contribution is 2.36. The van der Waals surface area contributed by atoms with Crippen LogP contribution in [0.1, 0.15) is 16.7 Å². The van der Waals surface area contributed by atoms with Crippen LogP contribution in [-0.4, -0.2) is 13.0 Å². The van der Waals surface area contributed by atoms with E-state index < -0.39 is 5.91 Å². The van der Waals surface area contributed by atoms with E-state index >= 15 is 0 Å². The maximum absolute atomic E-state index is 12.5. The molecule has 0 radical (unpaired) electrons. The average Bonchev–Trinajstić information content (AvgIpc) is 2.82. The summed E-state index contributed by atoms with van der Waals surface area (Å²) >= 11 is 10.5. The second-order valence-electron chi connectivity index (χ2n) is 6.93. The summed E-state index contributed by atoms with van der Waals surface area (Å²) in [6, 6.07) is 20.8. The van der Waals surface area contributed by atoms with Gasteiger partial charge in [0.1, 0.15) is 29.7 Å². The lowest BCUT2D eigenvalue weighted by molar-refractivity contribution is -0.117. The maximum Gasteiger partial charge on any atom is 0.262 e. The molecule has 0 saturated carbocycles. The van der Waals surface area contributed by atoms with Crippen LogP contribution in [0.15, 0.2) is 79.7 Å². The molecule has 3 aromatic rings. The van der Waals surface area contributed by atoms with Gasteiger partial charge in [0.25, 0.3) is 5.91 Å². The van der Waals surface area contributed by atoms with E-state index in [2.05, 4.69) is 53.1 Å². The summed E-state index contributed by atoms with van der Waals surface area (Å²) < 4.78 is 13.5. The van der Waals surface area contributed by atoms with Crippen LogP contribution in [0, 0.1) is 11.3 Å². The lowest BCUT2D eigenvalue weighted by Crippen LogP contribution is -2.23. The third kappa shape index (κ3) is 7.19. The van der Waals surface area contributed by atoms with Crippen LogP contribution in [0.3, 0.4) is 0 Å². The number of methoxy groups -OCH3 is 1. The van der Waals surface area contributed by atoms with Crippen LogP contribution in [0.4, 0.5) is 0 Å². The van der Waals surface area contributed by atoms with Crippen LogP contribution in [0.2, 0.25) is 0 Å². The predicted octanol–water partition coefficient (Wildman–Crippen LogP) is 6.79. The fraction of sp³-hybridized carbons (Fsp3) is 0.120. The molecule has 33 heavy (non-hydrogen) atoms. The molecule has 1 N–H and O–H groups in total. The van der Waals surface area contributed by atoms with Crippen molar-refractivity contribution >= 4 is 59.8 Å². The summed E-state index contributed by atoms with van der Waals surface area (Å²) in [5.74, 6) is 0.928. The van der Waals surface area contributed by atoms with Crippen LogP contribution >= 0.6 is 47.8 Å². The molecule has 3 aromatic carbocycles. The van der Waals surface area contributed by atoms with Gasteiger partial charge in [0, 0.05) is 11.0 Å². The minimum absolute atomic E-state index is 0.00541. The van der Waals surface area contributed by atoms with Crippen molar-refractivity contribution in [2.75, 3.05) is 7.11 Å². The molecule has 1 amide bonds. The van der Waals surface area contributed by atoms with Crippen LogP contribution in [0.5, 0.6) is 11.5 Å². The molecule has 0 bridgehead atoms. The summed E-state index contributed by atoms with van der Waals surface area (Å²) in [6.45, 7) is 0.703. The molecule has 0 spiro atoms. The van der Waals surface area contributed by atoms with Gasteiger partial charge >= 0.3 is 0 Å². The number of benzene rings is 3. The third-order valence-corrected chi connectivity index (χ3v) is 6.31. The first-order valence-electron chi connectivity index (χ1n) is 9.79. The molecule has 5 nitrogen and oxygen atoms in total. The van der Waals surface area contributed by atoms with E-state index in [4.69, 9.17) is 9.47 Å². The largest absolute Gasteiger partial charge is 0.497 e. The standard InChI is InChI=1S/C25H19Br3N2O3/c1-32-21-8-4-16(5-9-21)14-30-25(31)19(13-29)10-18-11-22(27)24(23(28)12-18)33-15-17-2-6-20(26)7-3-17/h2-12H,14-15H2,1H3,(H,30,31)/b19-10-. The van der Waals surface area contributed by atoms with Crippen LogP contribution < -0.4 is 14.8 Å². The number of nitrogens with one attached hydrogen (secondary N) is 1. The van der Waals surface area contributed by atoms with Crippen molar-refractivity contribution in [1.82, 2.24) is 5.32 Å². The molecule has 8 heteroatoms. The summed E-state index contributed by atoms with van der Waals surface area (Å²) in [7, 11) is 1.60. The van der Waals surface area contributed by atoms with E-state index in [0.29, 0.717) is 33.4 Å². The number of nitriles is 1. The van der Waals surface area contributed by atoms with Gasteiger partial charge in [0.05, 0.1) is 16.1 Å². The zero-order chi connectivity index (χ0) is 23.8. The number of ether oxygens (including phenoxy) is 2. The molecule has 0 aliphatic carbocycles. The molecule has 0 heterocycles. The number of halogens is 3. The van der Waals surface area contributed by atoms with Gasteiger partial charge in [-0.1, -0.05) is 40.2 Å². The Labute approximate surface area is 217 Å². The molecular weight excluding hydrogens is 616 g/mol. The highest BCUT2D eigenvalue weighted by atomic mass is 79.9. The average molecular weight is 635 g/mol. The molecule has 0 fully saturated rings. The zero-order valence-electron chi connectivity index (χ0n) is 17.6. The van der Waals surface area contributed by atoms with Gasteiger partial charge in [0.15, 0.2) is 0 Å². The Balaban J connectivity index is 1.68.